The molecule has 0 aliphatic heterocycles. The van der Waals surface area contributed by atoms with E-state index in [9.17, 15) is 4.79 Å². The molecule has 0 aromatic heterocycles. The number of hydrogen-bond acceptors (Lipinski definition) is 3. The molecule has 0 fully saturated rings. The largest absolute Gasteiger partial charge is 0.496 e. The Morgan fingerprint density at radius 3 is 1.88 bits per heavy atom. The predicted octanol–water partition coefficient (Wildman–Crippen LogP) is 3.91. The smallest absolute Gasteiger partial charge is 0.240 e. The fourth-order valence-electron chi connectivity index (χ4n) is 1.87. The molecule has 0 aliphatic rings. The molecule has 0 radical (unpaired) electrons. The van der Waals surface area contributed by atoms with Gasteiger partial charge in [-0.15, -0.1) is 0 Å². The lowest BCUT2D eigenvalue weighted by Gasteiger charge is -2.18. The van der Waals surface area contributed by atoms with Gasteiger partial charge in [-0.1, -0.05) is 27.7 Å². The second-order valence-electron chi connectivity index (χ2n) is 4.67. The van der Waals surface area contributed by atoms with Gasteiger partial charge in [0.15, 0.2) is 0 Å². The molecule has 0 atom stereocenters. The average Bonchev–Trinajstić information content (AvgIpc) is 2.28. The maximum Gasteiger partial charge on any atom is 0.240 e. The topological polar surface area (TPSA) is 38.7 Å². The molecule has 0 N–H and O–H groups in total. The minimum atomic E-state index is 0.323. The highest BCUT2D eigenvalue weighted by molar-refractivity contribution is 5.58. The summed E-state index contributed by atoms with van der Waals surface area (Å²) in [6.07, 6.45) is 1.59. The third-order valence-corrected chi connectivity index (χ3v) is 2.75. The second-order valence-corrected chi connectivity index (χ2v) is 4.67. The SMILES string of the molecule is COc1c(C(C)C)cc(N=C=O)cc1C(C)C. The summed E-state index contributed by atoms with van der Waals surface area (Å²) in [7, 11) is 1.68. The Bertz CT molecular complexity index is 415. The van der Waals surface area contributed by atoms with Crippen LogP contribution in [0, 0.1) is 0 Å². The summed E-state index contributed by atoms with van der Waals surface area (Å²) >= 11 is 0. The van der Waals surface area contributed by atoms with E-state index in [1.807, 2.05) is 12.1 Å². The van der Waals surface area contributed by atoms with E-state index in [1.54, 1.807) is 13.2 Å². The van der Waals surface area contributed by atoms with E-state index in [1.165, 1.54) is 0 Å². The molecule has 0 bridgehead atoms. The van der Waals surface area contributed by atoms with Crippen LogP contribution in [-0.2, 0) is 4.79 Å². The van der Waals surface area contributed by atoms with Gasteiger partial charge in [0.1, 0.15) is 5.75 Å². The highest BCUT2D eigenvalue weighted by Gasteiger charge is 2.16. The Kier molecular flexibility index (Phi) is 4.47. The van der Waals surface area contributed by atoms with Crippen LogP contribution < -0.4 is 4.74 Å². The Balaban J connectivity index is 3.50. The summed E-state index contributed by atoms with van der Waals surface area (Å²) in [5.74, 6) is 1.55. The molecule has 0 saturated heterocycles. The van der Waals surface area contributed by atoms with Gasteiger partial charge in [-0.2, -0.15) is 4.99 Å². The minimum absolute atomic E-state index is 0.323. The van der Waals surface area contributed by atoms with Crippen LogP contribution in [0.5, 0.6) is 5.75 Å². The molecule has 0 aliphatic carbocycles. The number of aliphatic imine (C=N–C) groups is 1. The van der Waals surface area contributed by atoms with Gasteiger partial charge in [0, 0.05) is 0 Å². The van der Waals surface area contributed by atoms with Gasteiger partial charge in [-0.05, 0) is 35.1 Å². The highest BCUT2D eigenvalue weighted by atomic mass is 16.5. The van der Waals surface area contributed by atoms with Crippen LogP contribution in [-0.4, -0.2) is 13.2 Å². The van der Waals surface area contributed by atoms with Crippen molar-refractivity contribution in [2.75, 3.05) is 7.11 Å². The van der Waals surface area contributed by atoms with E-state index in [2.05, 4.69) is 32.7 Å². The number of nitrogens with zero attached hydrogens (tertiary/aromatic N) is 1. The summed E-state index contributed by atoms with van der Waals surface area (Å²) in [6.45, 7) is 8.37. The van der Waals surface area contributed by atoms with Gasteiger partial charge >= 0.3 is 0 Å². The van der Waals surface area contributed by atoms with Gasteiger partial charge in [0.05, 0.1) is 12.8 Å². The van der Waals surface area contributed by atoms with Gasteiger partial charge in [0.25, 0.3) is 0 Å². The van der Waals surface area contributed by atoms with E-state index < -0.39 is 0 Å². The van der Waals surface area contributed by atoms with Crippen molar-refractivity contribution in [2.45, 2.75) is 39.5 Å². The molecular formula is C14H19NO2. The lowest BCUT2D eigenvalue weighted by Crippen LogP contribution is -2.00. The Morgan fingerprint density at radius 2 is 1.59 bits per heavy atom. The first kappa shape index (κ1) is 13.5. The molecule has 1 aromatic carbocycles. The second kappa shape index (κ2) is 5.65. The molecule has 1 aromatic rings. The molecule has 1 rings (SSSR count). The van der Waals surface area contributed by atoms with Crippen LogP contribution in [0.2, 0.25) is 0 Å². The molecule has 0 unspecified atom stereocenters. The Hall–Kier alpha value is -1.60. The molecule has 0 spiro atoms. The summed E-state index contributed by atoms with van der Waals surface area (Å²) in [6, 6.07) is 3.78. The van der Waals surface area contributed by atoms with Crippen LogP contribution in [0.15, 0.2) is 17.1 Å². The maximum atomic E-state index is 10.4. The van der Waals surface area contributed by atoms with Crippen LogP contribution in [0.1, 0.15) is 50.7 Å². The van der Waals surface area contributed by atoms with Crippen LogP contribution in [0.4, 0.5) is 5.69 Å². The fraction of sp³-hybridized carbons (Fsp3) is 0.500. The van der Waals surface area contributed by atoms with Crippen molar-refractivity contribution in [1.29, 1.82) is 0 Å². The lowest BCUT2D eigenvalue weighted by atomic mass is 9.93. The number of rotatable bonds is 4. The first-order chi connectivity index (χ1) is 8.01. The standard InChI is InChI=1S/C14H19NO2/c1-9(2)12-6-11(15-8-16)7-13(10(3)4)14(12)17-5/h6-7,9-10H,1-5H3. The van der Waals surface area contributed by atoms with Crippen LogP contribution in [0.3, 0.4) is 0 Å². The molecule has 92 valence electrons. The average molecular weight is 233 g/mol. The van der Waals surface area contributed by atoms with Crippen molar-refractivity contribution in [3.63, 3.8) is 0 Å². The zero-order valence-corrected chi connectivity index (χ0v) is 11.1. The quantitative estimate of drug-likeness (QED) is 0.584. The molecule has 0 heterocycles. The zero-order chi connectivity index (χ0) is 13.0. The maximum absolute atomic E-state index is 10.4. The first-order valence-electron chi connectivity index (χ1n) is 5.81. The number of benzene rings is 1. The summed E-state index contributed by atoms with van der Waals surface area (Å²) < 4.78 is 5.49. The molecule has 3 heteroatoms. The van der Waals surface area contributed by atoms with Crippen LogP contribution in [0.25, 0.3) is 0 Å². The first-order valence-corrected chi connectivity index (χ1v) is 5.81. The summed E-state index contributed by atoms with van der Waals surface area (Å²) in [5, 5.41) is 0. The molecule has 0 saturated carbocycles. The molecule has 0 amide bonds. The van der Waals surface area contributed by atoms with Crippen LogP contribution >= 0.6 is 0 Å². The van der Waals surface area contributed by atoms with Crippen molar-refractivity contribution in [2.24, 2.45) is 4.99 Å². The molecule has 17 heavy (non-hydrogen) atoms. The Labute approximate surface area is 103 Å². The summed E-state index contributed by atoms with van der Waals surface area (Å²) in [4.78, 5) is 14.1. The predicted molar refractivity (Wildman–Crippen MR) is 69.0 cm³/mol. The Morgan fingerprint density at radius 1 is 1.12 bits per heavy atom. The van der Waals surface area contributed by atoms with E-state index in [-0.39, 0.29) is 0 Å². The third kappa shape index (κ3) is 2.95. The van der Waals surface area contributed by atoms with Gasteiger partial charge in [-0.25, -0.2) is 4.79 Å². The molecule has 3 nitrogen and oxygen atoms in total. The third-order valence-electron chi connectivity index (χ3n) is 2.75. The van der Waals surface area contributed by atoms with E-state index in [0.717, 1.165) is 16.9 Å². The number of isocyanates is 1. The van der Waals surface area contributed by atoms with Gasteiger partial charge in [-0.3, -0.25) is 0 Å². The minimum Gasteiger partial charge on any atom is -0.496 e. The number of hydrogen-bond donors (Lipinski definition) is 0. The monoisotopic (exact) mass is 233 g/mol. The van der Waals surface area contributed by atoms with Gasteiger partial charge < -0.3 is 4.74 Å². The van der Waals surface area contributed by atoms with E-state index in [0.29, 0.717) is 17.5 Å². The van der Waals surface area contributed by atoms with Crippen molar-refractivity contribution >= 4 is 11.8 Å². The zero-order valence-electron chi connectivity index (χ0n) is 11.1. The van der Waals surface area contributed by atoms with E-state index >= 15 is 0 Å². The molecular weight excluding hydrogens is 214 g/mol. The lowest BCUT2D eigenvalue weighted by molar-refractivity contribution is 0.400. The van der Waals surface area contributed by atoms with Gasteiger partial charge in [0.2, 0.25) is 6.08 Å². The van der Waals surface area contributed by atoms with Crippen molar-refractivity contribution in [1.82, 2.24) is 0 Å². The van der Waals surface area contributed by atoms with Crippen molar-refractivity contribution in [3.8, 4) is 5.75 Å². The summed E-state index contributed by atoms with van der Waals surface area (Å²) in [5.41, 5.74) is 2.80. The number of ether oxygens (including phenoxy) is 1. The van der Waals surface area contributed by atoms with Crippen molar-refractivity contribution < 1.29 is 9.53 Å². The van der Waals surface area contributed by atoms with E-state index in [4.69, 9.17) is 4.74 Å². The highest BCUT2D eigenvalue weighted by Crippen LogP contribution is 2.37. The fourth-order valence-corrected chi connectivity index (χ4v) is 1.87. The number of carbonyl (C=O) groups excluding carboxylic acids is 1. The van der Waals surface area contributed by atoms with Crippen molar-refractivity contribution in [3.05, 3.63) is 23.3 Å². The normalized spacial score (nSPS) is 10.5. The number of methoxy groups -OCH3 is 1.